The van der Waals surface area contributed by atoms with E-state index in [1.165, 1.54) is 11.1 Å². The number of benzene rings is 2. The number of ether oxygens (including phenoxy) is 3. The molecule has 2 aromatic rings. The van der Waals surface area contributed by atoms with E-state index in [0.29, 0.717) is 6.42 Å². The molecule has 5 rings (SSSR count). The second-order valence-corrected chi connectivity index (χ2v) is 8.72. The van der Waals surface area contributed by atoms with Gasteiger partial charge in [0.15, 0.2) is 11.5 Å². The molecular weight excluding hydrogens is 380 g/mol. The fraction of sp³-hybridized carbons (Fsp3) is 0.458. The van der Waals surface area contributed by atoms with Crippen LogP contribution in [0.25, 0.3) is 0 Å². The molecule has 3 aliphatic rings. The Morgan fingerprint density at radius 1 is 1.23 bits per heavy atom. The summed E-state index contributed by atoms with van der Waals surface area (Å²) in [6, 6.07) is 13.6. The molecule has 1 spiro atoms. The van der Waals surface area contributed by atoms with Crippen molar-refractivity contribution in [2.45, 2.75) is 43.9 Å². The van der Waals surface area contributed by atoms with Crippen LogP contribution in [0.15, 0.2) is 42.5 Å². The van der Waals surface area contributed by atoms with E-state index in [4.69, 9.17) is 14.2 Å². The van der Waals surface area contributed by atoms with E-state index in [-0.39, 0.29) is 23.5 Å². The number of rotatable bonds is 3. The number of carbonyl (C=O) groups is 1. The molecule has 1 aliphatic carbocycles. The molecule has 0 aromatic heterocycles. The minimum atomic E-state index is -0.411. The van der Waals surface area contributed by atoms with Crippen molar-refractivity contribution in [3.8, 4) is 11.5 Å². The van der Waals surface area contributed by atoms with Gasteiger partial charge in [0.1, 0.15) is 12.2 Å². The zero-order valence-electron chi connectivity index (χ0n) is 17.7. The van der Waals surface area contributed by atoms with Gasteiger partial charge in [0, 0.05) is 35.5 Å². The van der Waals surface area contributed by atoms with E-state index in [1.54, 1.807) is 7.11 Å². The van der Waals surface area contributed by atoms with E-state index < -0.39 is 6.09 Å². The van der Waals surface area contributed by atoms with Crippen molar-refractivity contribution < 1.29 is 19.0 Å². The predicted octanol–water partition coefficient (Wildman–Crippen LogP) is 4.19. The molecule has 1 N–H and O–H groups in total. The molecule has 1 saturated carbocycles. The van der Waals surface area contributed by atoms with Gasteiger partial charge >= 0.3 is 6.09 Å². The number of anilines is 1. The zero-order valence-corrected chi connectivity index (χ0v) is 17.7. The lowest BCUT2D eigenvalue weighted by Crippen LogP contribution is -2.40. The van der Waals surface area contributed by atoms with Crippen molar-refractivity contribution in [1.29, 1.82) is 0 Å². The first-order valence-electron chi connectivity index (χ1n) is 10.6. The highest BCUT2D eigenvalue weighted by atomic mass is 16.6. The number of hydrogen-bond donors (Lipinski definition) is 1. The summed E-state index contributed by atoms with van der Waals surface area (Å²) in [6.45, 7) is 4.06. The standard InChI is InChI=1S/C24H28N2O4/c1-15-19(29-23(27)25-17-7-5-4-6-8-17)13-20-24(15)11-12-26(2)14-16-9-10-18(28-3)22(30-20)21(16)24/h4-10,15,19-20H,11-14H2,1-3H3,(H,25,27)/t15?,19-,20+,24-/m1/s1. The maximum absolute atomic E-state index is 12.6. The second-order valence-electron chi connectivity index (χ2n) is 8.72. The summed E-state index contributed by atoms with van der Waals surface area (Å²) in [5.41, 5.74) is 3.12. The fourth-order valence-electron chi connectivity index (χ4n) is 5.67. The predicted molar refractivity (Wildman–Crippen MR) is 114 cm³/mol. The van der Waals surface area contributed by atoms with Crippen LogP contribution in [0.3, 0.4) is 0 Å². The summed E-state index contributed by atoms with van der Waals surface area (Å²) in [4.78, 5) is 14.9. The minimum Gasteiger partial charge on any atom is -0.493 e. The van der Waals surface area contributed by atoms with Gasteiger partial charge in [-0.3, -0.25) is 5.32 Å². The first kappa shape index (κ1) is 19.2. The van der Waals surface area contributed by atoms with Gasteiger partial charge in [0.2, 0.25) is 0 Å². The Balaban J connectivity index is 1.45. The van der Waals surface area contributed by atoms with Crippen LogP contribution in [0, 0.1) is 5.92 Å². The summed E-state index contributed by atoms with van der Waals surface area (Å²) >= 11 is 0. The molecule has 6 heteroatoms. The summed E-state index contributed by atoms with van der Waals surface area (Å²) in [5, 5.41) is 2.84. The number of nitrogens with one attached hydrogen (secondary N) is 1. The third kappa shape index (κ3) is 2.85. The van der Waals surface area contributed by atoms with Gasteiger partial charge in [-0.05, 0) is 43.8 Å². The quantitative estimate of drug-likeness (QED) is 0.825. The van der Waals surface area contributed by atoms with Crippen LogP contribution in [-0.4, -0.2) is 43.9 Å². The van der Waals surface area contributed by atoms with Gasteiger partial charge < -0.3 is 19.1 Å². The molecule has 2 heterocycles. The van der Waals surface area contributed by atoms with Crippen LogP contribution in [0.5, 0.6) is 11.5 Å². The first-order chi connectivity index (χ1) is 14.5. The van der Waals surface area contributed by atoms with Crippen LogP contribution in [-0.2, 0) is 16.7 Å². The van der Waals surface area contributed by atoms with Gasteiger partial charge in [0.25, 0.3) is 0 Å². The lowest BCUT2D eigenvalue weighted by molar-refractivity contribution is 0.0774. The Bertz CT molecular complexity index is 963. The van der Waals surface area contributed by atoms with Gasteiger partial charge in [-0.25, -0.2) is 4.79 Å². The van der Waals surface area contributed by atoms with Crippen LogP contribution < -0.4 is 14.8 Å². The number of hydrogen-bond acceptors (Lipinski definition) is 5. The molecular formula is C24H28N2O4. The molecule has 2 aromatic carbocycles. The van der Waals surface area contributed by atoms with Crippen molar-refractivity contribution >= 4 is 11.8 Å². The number of methoxy groups -OCH3 is 1. The molecule has 30 heavy (non-hydrogen) atoms. The monoisotopic (exact) mass is 408 g/mol. The smallest absolute Gasteiger partial charge is 0.411 e. The summed E-state index contributed by atoms with van der Waals surface area (Å²) in [5.74, 6) is 1.82. The van der Waals surface area contributed by atoms with E-state index >= 15 is 0 Å². The number of nitrogens with zero attached hydrogens (tertiary/aromatic N) is 1. The van der Waals surface area contributed by atoms with Crippen molar-refractivity contribution in [2.24, 2.45) is 5.92 Å². The molecule has 2 aliphatic heterocycles. The van der Waals surface area contributed by atoms with Gasteiger partial charge in [-0.2, -0.15) is 0 Å². The zero-order chi connectivity index (χ0) is 20.9. The minimum absolute atomic E-state index is 0.0152. The van der Waals surface area contributed by atoms with Gasteiger partial charge in [0.05, 0.1) is 7.11 Å². The Kier molecular flexibility index (Phi) is 4.62. The molecule has 4 atom stereocenters. The average molecular weight is 408 g/mol. The Labute approximate surface area is 177 Å². The third-order valence-electron chi connectivity index (χ3n) is 7.17. The van der Waals surface area contributed by atoms with Crippen molar-refractivity contribution in [1.82, 2.24) is 4.90 Å². The van der Waals surface area contributed by atoms with Crippen LogP contribution in [0.2, 0.25) is 0 Å². The molecule has 0 bridgehead atoms. The van der Waals surface area contributed by atoms with E-state index in [1.807, 2.05) is 36.4 Å². The van der Waals surface area contributed by atoms with Crippen molar-refractivity contribution in [3.63, 3.8) is 0 Å². The van der Waals surface area contributed by atoms with E-state index in [0.717, 1.165) is 36.7 Å². The maximum atomic E-state index is 12.6. The van der Waals surface area contributed by atoms with Crippen molar-refractivity contribution in [3.05, 3.63) is 53.6 Å². The van der Waals surface area contributed by atoms with Crippen LogP contribution in [0.1, 0.15) is 30.9 Å². The lowest BCUT2D eigenvalue weighted by Gasteiger charge is -2.34. The number of amides is 1. The molecule has 158 valence electrons. The molecule has 1 unspecified atom stereocenters. The Morgan fingerprint density at radius 2 is 2.03 bits per heavy atom. The first-order valence-corrected chi connectivity index (χ1v) is 10.6. The summed E-state index contributed by atoms with van der Waals surface area (Å²) in [7, 11) is 3.85. The molecule has 1 fully saturated rings. The second kappa shape index (κ2) is 7.20. The van der Waals surface area contributed by atoms with Gasteiger partial charge in [-0.15, -0.1) is 0 Å². The molecule has 0 saturated heterocycles. The Hall–Kier alpha value is -2.73. The Morgan fingerprint density at radius 3 is 2.80 bits per heavy atom. The highest BCUT2D eigenvalue weighted by molar-refractivity contribution is 5.84. The number of para-hydroxylation sites is 1. The highest BCUT2D eigenvalue weighted by Crippen LogP contribution is 2.61. The largest absolute Gasteiger partial charge is 0.493 e. The lowest BCUT2D eigenvalue weighted by atomic mass is 9.69. The average Bonchev–Trinajstić information content (AvgIpc) is 3.12. The summed E-state index contributed by atoms with van der Waals surface area (Å²) < 4.78 is 18.0. The summed E-state index contributed by atoms with van der Waals surface area (Å²) in [6.07, 6.45) is 1.03. The molecule has 6 nitrogen and oxygen atoms in total. The van der Waals surface area contributed by atoms with E-state index in [9.17, 15) is 4.79 Å². The van der Waals surface area contributed by atoms with E-state index in [2.05, 4.69) is 30.3 Å². The molecule has 1 amide bonds. The maximum Gasteiger partial charge on any atom is 0.411 e. The topological polar surface area (TPSA) is 60.0 Å². The normalized spacial score (nSPS) is 29.4. The third-order valence-corrected chi connectivity index (χ3v) is 7.17. The molecule has 0 radical (unpaired) electrons. The van der Waals surface area contributed by atoms with Crippen molar-refractivity contribution in [2.75, 3.05) is 26.0 Å². The highest BCUT2D eigenvalue weighted by Gasteiger charge is 2.62. The van der Waals surface area contributed by atoms with Crippen LogP contribution >= 0.6 is 0 Å². The van der Waals surface area contributed by atoms with Crippen LogP contribution in [0.4, 0.5) is 10.5 Å². The van der Waals surface area contributed by atoms with Gasteiger partial charge in [-0.1, -0.05) is 31.2 Å². The SMILES string of the molecule is COc1ccc2c3c1O[C@H]1C[C@@H](OC(=O)Nc4ccccc4)C(C)[C@@]31CCN(C)C2. The fourth-order valence-corrected chi connectivity index (χ4v) is 5.67. The number of carbonyl (C=O) groups excluding carboxylic acids is 1.